The zero-order chi connectivity index (χ0) is 59.2. The minimum absolute atomic E-state index is 0.0848. The Hall–Kier alpha value is -3.67. The molecule has 0 aromatic carbocycles. The standard InChI is InChI=1S/C76H132O6/c1-4-7-10-13-16-19-22-25-28-31-33-34-35-36-37-38-39-40-41-42-44-45-48-51-54-57-60-63-66-69-75(78)81-72-73(71-80-74(77)68-65-62-59-56-53-50-47-30-27-24-21-18-15-12-9-6-3)82-76(79)70-67-64-61-58-55-52-49-46-43-32-29-26-23-20-17-14-11-8-5-2/h8,11,17,20,22,25-26,29-31,33,35-36,43,46-47,73H,4-7,9-10,12-16,18-19,21,23-24,27-28,32,34,37-42,44-45,48-72H2,1-3H3/b11-8-,20-17-,25-22-,29-26-,33-31-,36-35-,46-43-,47-30-. The molecule has 0 fully saturated rings. The molecule has 0 radical (unpaired) electrons. The smallest absolute Gasteiger partial charge is 0.306 e. The van der Waals surface area contributed by atoms with Crippen molar-refractivity contribution in [2.75, 3.05) is 13.2 Å². The molecule has 472 valence electrons. The second-order valence-electron chi connectivity index (χ2n) is 23.4. The van der Waals surface area contributed by atoms with Gasteiger partial charge in [-0.3, -0.25) is 14.4 Å². The van der Waals surface area contributed by atoms with Crippen molar-refractivity contribution in [3.8, 4) is 0 Å². The second-order valence-corrected chi connectivity index (χ2v) is 23.4. The molecule has 0 aliphatic heterocycles. The summed E-state index contributed by atoms with van der Waals surface area (Å²) in [6.07, 6.45) is 94.3. The molecule has 1 atom stereocenters. The fourth-order valence-electron chi connectivity index (χ4n) is 10.0. The largest absolute Gasteiger partial charge is 0.462 e. The Kier molecular flexibility index (Phi) is 66.7. The highest BCUT2D eigenvalue weighted by Gasteiger charge is 2.19. The first-order valence-electron chi connectivity index (χ1n) is 35.2. The molecule has 0 aliphatic rings. The number of rotatable bonds is 64. The van der Waals surface area contributed by atoms with E-state index in [2.05, 4.69) is 118 Å². The summed E-state index contributed by atoms with van der Waals surface area (Å²) < 4.78 is 17.0. The van der Waals surface area contributed by atoms with E-state index in [0.29, 0.717) is 19.3 Å². The lowest BCUT2D eigenvalue weighted by molar-refractivity contribution is -0.167. The molecule has 6 nitrogen and oxygen atoms in total. The Morgan fingerprint density at radius 1 is 0.256 bits per heavy atom. The molecule has 0 heterocycles. The summed E-state index contributed by atoms with van der Waals surface area (Å²) in [6.45, 7) is 6.53. The average molecular weight is 1140 g/mol. The lowest BCUT2D eigenvalue weighted by atomic mass is 10.0. The fourth-order valence-corrected chi connectivity index (χ4v) is 10.0. The summed E-state index contributed by atoms with van der Waals surface area (Å²) in [6, 6.07) is 0. The fraction of sp³-hybridized carbons (Fsp3) is 0.750. The van der Waals surface area contributed by atoms with Gasteiger partial charge in [-0.25, -0.2) is 0 Å². The quantitative estimate of drug-likeness (QED) is 0.0261. The average Bonchev–Trinajstić information content (AvgIpc) is 3.47. The van der Waals surface area contributed by atoms with Gasteiger partial charge in [0.15, 0.2) is 6.10 Å². The number of unbranched alkanes of at least 4 members (excludes halogenated alkanes) is 37. The van der Waals surface area contributed by atoms with Crippen molar-refractivity contribution in [1.29, 1.82) is 0 Å². The summed E-state index contributed by atoms with van der Waals surface area (Å²) in [5.74, 6) is -0.893. The zero-order valence-electron chi connectivity index (χ0n) is 54.2. The SMILES string of the molecule is CC/C=C\C/C=C\C/C=C\C/C=C\CCCCCCCCC(=O)OC(COC(=O)CCCCCCC/C=C\CCCCCCCCC)COC(=O)CCCCCCCCCCCCCCCC/C=C\C/C=C\C/C=C\CCCCCCC. The van der Waals surface area contributed by atoms with Crippen LogP contribution in [0.4, 0.5) is 0 Å². The molecule has 0 aromatic heterocycles. The number of allylic oxidation sites excluding steroid dienone is 16. The predicted octanol–water partition coefficient (Wildman–Crippen LogP) is 24.4. The minimum atomic E-state index is -0.791. The molecule has 82 heavy (non-hydrogen) atoms. The van der Waals surface area contributed by atoms with E-state index in [0.717, 1.165) is 116 Å². The highest BCUT2D eigenvalue weighted by Crippen LogP contribution is 2.17. The van der Waals surface area contributed by atoms with Crippen molar-refractivity contribution >= 4 is 17.9 Å². The van der Waals surface area contributed by atoms with E-state index in [1.165, 1.54) is 193 Å². The van der Waals surface area contributed by atoms with Crippen LogP contribution in [0.1, 0.15) is 348 Å². The van der Waals surface area contributed by atoms with Crippen LogP contribution in [-0.2, 0) is 28.6 Å². The molecule has 0 N–H and O–H groups in total. The molecule has 6 heteroatoms. The molecule has 1 unspecified atom stereocenters. The maximum atomic E-state index is 12.9. The highest BCUT2D eigenvalue weighted by atomic mass is 16.6. The van der Waals surface area contributed by atoms with Gasteiger partial charge < -0.3 is 14.2 Å². The van der Waals surface area contributed by atoms with Crippen LogP contribution in [0.5, 0.6) is 0 Å². The second kappa shape index (κ2) is 69.8. The Labute approximate surface area is 508 Å². The van der Waals surface area contributed by atoms with Gasteiger partial charge in [0.1, 0.15) is 13.2 Å². The Morgan fingerprint density at radius 3 is 0.756 bits per heavy atom. The molecule has 0 aliphatic carbocycles. The lowest BCUT2D eigenvalue weighted by Crippen LogP contribution is -2.30. The van der Waals surface area contributed by atoms with Crippen molar-refractivity contribution < 1.29 is 28.6 Å². The third kappa shape index (κ3) is 67.1. The first-order valence-corrected chi connectivity index (χ1v) is 35.2. The van der Waals surface area contributed by atoms with E-state index in [1.54, 1.807) is 0 Å². The number of hydrogen-bond donors (Lipinski definition) is 0. The topological polar surface area (TPSA) is 78.9 Å². The first-order chi connectivity index (χ1) is 40.5. The van der Waals surface area contributed by atoms with Gasteiger partial charge in [-0.15, -0.1) is 0 Å². The van der Waals surface area contributed by atoms with Crippen LogP contribution >= 0.6 is 0 Å². The van der Waals surface area contributed by atoms with Crippen LogP contribution in [0.2, 0.25) is 0 Å². The highest BCUT2D eigenvalue weighted by molar-refractivity contribution is 5.71. The Balaban J connectivity index is 4.31. The number of ether oxygens (including phenoxy) is 3. The van der Waals surface area contributed by atoms with E-state index < -0.39 is 6.10 Å². The van der Waals surface area contributed by atoms with Crippen LogP contribution in [-0.4, -0.2) is 37.2 Å². The summed E-state index contributed by atoms with van der Waals surface area (Å²) in [7, 11) is 0. The van der Waals surface area contributed by atoms with E-state index in [4.69, 9.17) is 14.2 Å². The zero-order valence-corrected chi connectivity index (χ0v) is 54.2. The Morgan fingerprint density at radius 2 is 0.476 bits per heavy atom. The van der Waals surface area contributed by atoms with Crippen molar-refractivity contribution in [2.24, 2.45) is 0 Å². The molecule has 0 amide bonds. The van der Waals surface area contributed by atoms with Crippen molar-refractivity contribution in [3.05, 3.63) is 97.2 Å². The van der Waals surface area contributed by atoms with E-state index in [-0.39, 0.29) is 31.1 Å². The van der Waals surface area contributed by atoms with Gasteiger partial charge in [0.05, 0.1) is 0 Å². The van der Waals surface area contributed by atoms with E-state index in [9.17, 15) is 14.4 Å². The van der Waals surface area contributed by atoms with Crippen LogP contribution in [0.25, 0.3) is 0 Å². The molecule has 0 spiro atoms. The van der Waals surface area contributed by atoms with Gasteiger partial charge >= 0.3 is 17.9 Å². The lowest BCUT2D eigenvalue weighted by Gasteiger charge is -2.18. The van der Waals surface area contributed by atoms with Crippen molar-refractivity contribution in [1.82, 2.24) is 0 Å². The maximum absolute atomic E-state index is 12.9. The monoisotopic (exact) mass is 1140 g/mol. The first kappa shape index (κ1) is 78.3. The van der Waals surface area contributed by atoms with Crippen LogP contribution in [0, 0.1) is 0 Å². The van der Waals surface area contributed by atoms with Gasteiger partial charge in [0.2, 0.25) is 0 Å². The summed E-state index contributed by atoms with van der Waals surface area (Å²) in [5.41, 5.74) is 0. The van der Waals surface area contributed by atoms with Gasteiger partial charge in [0, 0.05) is 19.3 Å². The molecular weight excluding hydrogens is 1010 g/mol. The van der Waals surface area contributed by atoms with E-state index in [1.807, 2.05) is 0 Å². The van der Waals surface area contributed by atoms with E-state index >= 15 is 0 Å². The van der Waals surface area contributed by atoms with Crippen molar-refractivity contribution in [2.45, 2.75) is 354 Å². The third-order valence-corrected chi connectivity index (χ3v) is 15.3. The minimum Gasteiger partial charge on any atom is -0.462 e. The number of carbonyl (C=O) groups excluding carboxylic acids is 3. The number of esters is 3. The van der Waals surface area contributed by atoms with Gasteiger partial charge in [0.25, 0.3) is 0 Å². The summed E-state index contributed by atoms with van der Waals surface area (Å²) in [5, 5.41) is 0. The number of hydrogen-bond acceptors (Lipinski definition) is 6. The molecule has 0 saturated carbocycles. The van der Waals surface area contributed by atoms with Gasteiger partial charge in [-0.2, -0.15) is 0 Å². The van der Waals surface area contributed by atoms with Crippen molar-refractivity contribution in [3.63, 3.8) is 0 Å². The molecule has 0 saturated heterocycles. The predicted molar refractivity (Wildman–Crippen MR) is 357 cm³/mol. The summed E-state index contributed by atoms with van der Waals surface area (Å²) >= 11 is 0. The van der Waals surface area contributed by atoms with Gasteiger partial charge in [-0.05, 0) is 122 Å². The molecular formula is C76H132O6. The Bertz CT molecular complexity index is 1590. The molecule has 0 rings (SSSR count). The number of carbonyl (C=O) groups is 3. The summed E-state index contributed by atoms with van der Waals surface area (Å²) in [4.78, 5) is 38.4. The van der Waals surface area contributed by atoms with Crippen LogP contribution in [0.3, 0.4) is 0 Å². The van der Waals surface area contributed by atoms with Crippen LogP contribution < -0.4 is 0 Å². The maximum Gasteiger partial charge on any atom is 0.306 e. The van der Waals surface area contributed by atoms with Crippen LogP contribution in [0.15, 0.2) is 97.2 Å². The molecule has 0 bridgehead atoms. The third-order valence-electron chi connectivity index (χ3n) is 15.3. The normalized spacial score (nSPS) is 12.7. The van der Waals surface area contributed by atoms with Gasteiger partial charge in [-0.1, -0.05) is 304 Å². The molecule has 0 aromatic rings.